The maximum atomic E-state index is 12.6. The van der Waals surface area contributed by atoms with Crippen molar-refractivity contribution in [1.29, 1.82) is 0 Å². The predicted molar refractivity (Wildman–Crippen MR) is 82.2 cm³/mol. The van der Waals surface area contributed by atoms with E-state index in [2.05, 4.69) is 5.10 Å². The second kappa shape index (κ2) is 6.18. The average molecular weight is 293 g/mol. The van der Waals surface area contributed by atoms with E-state index in [0.717, 1.165) is 12.8 Å². The van der Waals surface area contributed by atoms with Gasteiger partial charge in [0.05, 0.1) is 18.7 Å². The van der Waals surface area contributed by atoms with E-state index in [1.165, 1.54) is 12.8 Å². The zero-order valence-corrected chi connectivity index (χ0v) is 13.5. The zero-order valence-electron chi connectivity index (χ0n) is 13.5. The molecule has 1 aliphatic carbocycles. The van der Waals surface area contributed by atoms with Crippen molar-refractivity contribution in [3.63, 3.8) is 0 Å². The van der Waals surface area contributed by atoms with E-state index in [9.17, 15) is 9.90 Å². The molecular weight excluding hydrogens is 266 g/mol. The van der Waals surface area contributed by atoms with Gasteiger partial charge in [-0.15, -0.1) is 0 Å². The van der Waals surface area contributed by atoms with Gasteiger partial charge in [-0.3, -0.25) is 9.48 Å². The molecule has 21 heavy (non-hydrogen) atoms. The number of carbonyl (C=O) groups excluding carboxylic acids is 1. The van der Waals surface area contributed by atoms with Gasteiger partial charge in [-0.1, -0.05) is 33.6 Å². The Bertz CT molecular complexity index is 484. The summed E-state index contributed by atoms with van der Waals surface area (Å²) in [6, 6.07) is 2.00. The molecule has 0 spiro atoms. The van der Waals surface area contributed by atoms with E-state index in [1.807, 2.05) is 31.6 Å². The van der Waals surface area contributed by atoms with Crippen LogP contribution in [0.4, 0.5) is 0 Å². The molecule has 118 valence electrons. The van der Waals surface area contributed by atoms with Crippen LogP contribution in [0.3, 0.4) is 0 Å². The number of nitrogens with zero attached hydrogens (tertiary/aromatic N) is 3. The Morgan fingerprint density at radius 1 is 1.48 bits per heavy atom. The number of aromatic nitrogens is 2. The third-order valence-electron chi connectivity index (χ3n) is 4.49. The highest BCUT2D eigenvalue weighted by Gasteiger charge is 2.32. The van der Waals surface area contributed by atoms with Crippen molar-refractivity contribution in [2.45, 2.75) is 58.5 Å². The summed E-state index contributed by atoms with van der Waals surface area (Å²) in [5, 5.41) is 14.0. The highest BCUT2D eigenvalue weighted by Crippen LogP contribution is 2.29. The number of hydrogen-bond acceptors (Lipinski definition) is 3. The monoisotopic (exact) mass is 293 g/mol. The highest BCUT2D eigenvalue weighted by molar-refractivity contribution is 5.92. The molecule has 0 unspecified atom stereocenters. The quantitative estimate of drug-likeness (QED) is 0.928. The van der Waals surface area contributed by atoms with Crippen LogP contribution in [0.2, 0.25) is 0 Å². The molecule has 1 saturated carbocycles. The second-order valence-electron chi connectivity index (χ2n) is 7.10. The van der Waals surface area contributed by atoms with Crippen molar-refractivity contribution in [1.82, 2.24) is 14.7 Å². The molecular formula is C16H27N3O2. The Kier molecular flexibility index (Phi) is 4.71. The summed E-state index contributed by atoms with van der Waals surface area (Å²) in [4.78, 5) is 14.2. The Morgan fingerprint density at radius 3 is 2.62 bits per heavy atom. The predicted octanol–water partition coefficient (Wildman–Crippen LogP) is 2.48. The number of carbonyl (C=O) groups is 1. The van der Waals surface area contributed by atoms with Gasteiger partial charge in [0, 0.05) is 13.2 Å². The van der Waals surface area contributed by atoms with Gasteiger partial charge in [-0.05, 0) is 24.3 Å². The van der Waals surface area contributed by atoms with Crippen molar-refractivity contribution in [2.24, 2.45) is 5.41 Å². The van der Waals surface area contributed by atoms with E-state index in [-0.39, 0.29) is 24.0 Å². The van der Waals surface area contributed by atoms with Crippen LogP contribution in [0.5, 0.6) is 0 Å². The van der Waals surface area contributed by atoms with Crippen LogP contribution in [-0.2, 0) is 0 Å². The highest BCUT2D eigenvalue weighted by atomic mass is 16.3. The first-order valence-corrected chi connectivity index (χ1v) is 7.77. The summed E-state index contributed by atoms with van der Waals surface area (Å²) >= 11 is 0. The van der Waals surface area contributed by atoms with Crippen LogP contribution in [0.1, 0.15) is 63.0 Å². The molecule has 0 saturated heterocycles. The van der Waals surface area contributed by atoms with Crippen molar-refractivity contribution in [3.8, 4) is 0 Å². The smallest absolute Gasteiger partial charge is 0.274 e. The Balaban J connectivity index is 2.12. The van der Waals surface area contributed by atoms with Gasteiger partial charge in [0.2, 0.25) is 0 Å². The molecule has 1 amide bonds. The molecule has 1 aromatic rings. The second-order valence-corrected chi connectivity index (χ2v) is 7.10. The van der Waals surface area contributed by atoms with Gasteiger partial charge < -0.3 is 10.0 Å². The standard InChI is InChI=1S/C16H27N3O2/c1-16(2,3)14(11-20)18(4)15(21)13-9-10-19(17-13)12-7-5-6-8-12/h9-10,12,14,20H,5-8,11H2,1-4H3/t14-/m1/s1. The lowest BCUT2D eigenvalue weighted by molar-refractivity contribution is 0.0427. The number of rotatable bonds is 4. The third kappa shape index (κ3) is 3.46. The lowest BCUT2D eigenvalue weighted by atomic mass is 9.86. The van der Waals surface area contributed by atoms with Crippen molar-refractivity contribution in [2.75, 3.05) is 13.7 Å². The first-order chi connectivity index (χ1) is 9.84. The third-order valence-corrected chi connectivity index (χ3v) is 4.49. The first kappa shape index (κ1) is 16.0. The molecule has 1 N–H and O–H groups in total. The minimum atomic E-state index is -0.221. The Morgan fingerprint density at radius 2 is 2.10 bits per heavy atom. The molecule has 0 radical (unpaired) electrons. The first-order valence-electron chi connectivity index (χ1n) is 7.77. The normalized spacial score (nSPS) is 18.0. The summed E-state index contributed by atoms with van der Waals surface area (Å²) in [7, 11) is 1.74. The SMILES string of the molecule is CN(C(=O)c1ccn(C2CCCC2)n1)[C@H](CO)C(C)(C)C. The molecule has 2 rings (SSSR count). The van der Waals surface area contributed by atoms with Crippen LogP contribution in [0, 0.1) is 5.41 Å². The average Bonchev–Trinajstić information content (AvgIpc) is 3.07. The molecule has 5 heteroatoms. The molecule has 1 fully saturated rings. The Hall–Kier alpha value is -1.36. The van der Waals surface area contributed by atoms with E-state index >= 15 is 0 Å². The maximum Gasteiger partial charge on any atom is 0.274 e. The van der Waals surface area contributed by atoms with Gasteiger partial charge in [0.1, 0.15) is 5.69 Å². The lowest BCUT2D eigenvalue weighted by Gasteiger charge is -2.36. The molecule has 5 nitrogen and oxygen atoms in total. The summed E-state index contributed by atoms with van der Waals surface area (Å²) in [5.74, 6) is -0.124. The summed E-state index contributed by atoms with van der Waals surface area (Å²) < 4.78 is 1.93. The number of hydrogen-bond donors (Lipinski definition) is 1. The van der Waals surface area contributed by atoms with E-state index < -0.39 is 0 Å². The van der Waals surface area contributed by atoms with Crippen molar-refractivity contribution in [3.05, 3.63) is 18.0 Å². The van der Waals surface area contributed by atoms with Crippen molar-refractivity contribution < 1.29 is 9.90 Å². The van der Waals surface area contributed by atoms with Gasteiger partial charge in [0.25, 0.3) is 5.91 Å². The van der Waals surface area contributed by atoms with Crippen LogP contribution in [0.25, 0.3) is 0 Å². The van der Waals surface area contributed by atoms with Gasteiger partial charge >= 0.3 is 0 Å². The van der Waals surface area contributed by atoms with Crippen LogP contribution in [-0.4, -0.2) is 45.4 Å². The van der Waals surface area contributed by atoms with Gasteiger partial charge in [-0.2, -0.15) is 5.10 Å². The molecule has 1 heterocycles. The molecule has 0 aromatic carbocycles. The molecule has 1 aliphatic rings. The van der Waals surface area contributed by atoms with E-state index in [0.29, 0.717) is 11.7 Å². The molecule has 0 bridgehead atoms. The minimum absolute atomic E-state index is 0.0466. The number of aliphatic hydroxyl groups is 1. The topological polar surface area (TPSA) is 58.4 Å². The number of aliphatic hydroxyl groups excluding tert-OH is 1. The number of amides is 1. The van der Waals surface area contributed by atoms with Crippen LogP contribution < -0.4 is 0 Å². The maximum absolute atomic E-state index is 12.6. The summed E-state index contributed by atoms with van der Waals surface area (Å²) in [6.07, 6.45) is 6.68. The molecule has 0 aliphatic heterocycles. The fourth-order valence-electron chi connectivity index (χ4n) is 3.12. The van der Waals surface area contributed by atoms with Crippen LogP contribution >= 0.6 is 0 Å². The Labute approximate surface area is 126 Å². The zero-order chi connectivity index (χ0) is 15.6. The van der Waals surface area contributed by atoms with E-state index in [4.69, 9.17) is 0 Å². The number of likely N-dealkylation sites (N-methyl/N-ethyl adjacent to an activating group) is 1. The van der Waals surface area contributed by atoms with E-state index in [1.54, 1.807) is 18.0 Å². The fraction of sp³-hybridized carbons (Fsp3) is 0.750. The summed E-state index contributed by atoms with van der Waals surface area (Å²) in [5.41, 5.74) is 0.291. The van der Waals surface area contributed by atoms with Gasteiger partial charge in [0.15, 0.2) is 0 Å². The lowest BCUT2D eigenvalue weighted by Crippen LogP contribution is -2.47. The molecule has 1 atom stereocenters. The fourth-order valence-corrected chi connectivity index (χ4v) is 3.12. The van der Waals surface area contributed by atoms with Crippen LogP contribution in [0.15, 0.2) is 12.3 Å². The molecule has 1 aromatic heterocycles. The largest absolute Gasteiger partial charge is 0.394 e. The summed E-state index contributed by atoms with van der Waals surface area (Å²) in [6.45, 7) is 6.02. The minimum Gasteiger partial charge on any atom is -0.394 e. The van der Waals surface area contributed by atoms with Gasteiger partial charge in [-0.25, -0.2) is 0 Å². The van der Waals surface area contributed by atoms with Crippen molar-refractivity contribution >= 4 is 5.91 Å².